The smallest absolute Gasteiger partial charge is 0.226 e. The minimum atomic E-state index is -0.163. The van der Waals surface area contributed by atoms with E-state index in [-0.39, 0.29) is 12.3 Å². The number of carbonyl (C=O) groups excluding carboxylic acids is 1. The molecule has 2 N–H and O–H groups in total. The Labute approximate surface area is 164 Å². The third kappa shape index (κ3) is 5.12. The predicted molar refractivity (Wildman–Crippen MR) is 107 cm³/mol. The lowest BCUT2D eigenvalue weighted by molar-refractivity contribution is -0.115. The lowest BCUT2D eigenvalue weighted by atomic mass is 10.2. The van der Waals surface area contributed by atoms with Gasteiger partial charge in [0.05, 0.1) is 41.2 Å². The van der Waals surface area contributed by atoms with Crippen LogP contribution < -0.4 is 34.3 Å². The monoisotopic (exact) mass is 390 g/mol. The number of nitrogens with one attached hydrogen (secondary N) is 2. The maximum atomic E-state index is 12.3. The molecule has 0 atom stereocenters. The summed E-state index contributed by atoms with van der Waals surface area (Å²) in [4.78, 5) is 12.3. The van der Waals surface area contributed by atoms with Gasteiger partial charge in [-0.1, -0.05) is 0 Å². The molecule has 0 heterocycles. The van der Waals surface area contributed by atoms with Crippen LogP contribution in [0.5, 0.6) is 28.7 Å². The molecule has 2 aromatic rings. The average molecular weight is 390 g/mol. The summed E-state index contributed by atoms with van der Waals surface area (Å²) in [6.07, 6.45) is 0.247. The molecule has 0 bridgehead atoms. The highest BCUT2D eigenvalue weighted by atomic mass is 16.5. The van der Waals surface area contributed by atoms with Gasteiger partial charge in [0.2, 0.25) is 11.7 Å². The molecule has 0 spiro atoms. The average Bonchev–Trinajstić information content (AvgIpc) is 2.72. The Morgan fingerprint density at radius 2 is 1.46 bits per heavy atom. The molecule has 8 nitrogen and oxygen atoms in total. The molecule has 0 aliphatic heterocycles. The van der Waals surface area contributed by atoms with E-state index < -0.39 is 0 Å². The summed E-state index contributed by atoms with van der Waals surface area (Å²) >= 11 is 0. The Morgan fingerprint density at radius 3 is 2.00 bits per heavy atom. The van der Waals surface area contributed by atoms with Gasteiger partial charge in [0.25, 0.3) is 0 Å². The number of benzene rings is 2. The first-order valence-electron chi connectivity index (χ1n) is 8.62. The lowest BCUT2D eigenvalue weighted by Crippen LogP contribution is -2.16. The molecule has 0 radical (unpaired) electrons. The maximum Gasteiger partial charge on any atom is 0.226 e. The van der Waals surface area contributed by atoms with Gasteiger partial charge in [-0.2, -0.15) is 0 Å². The summed E-state index contributed by atoms with van der Waals surface area (Å²) in [5.74, 6) is 2.61. The second-order valence-corrected chi connectivity index (χ2v) is 5.71. The summed E-state index contributed by atoms with van der Waals surface area (Å²) in [6, 6.07) is 8.78. The number of carbonyl (C=O) groups is 1. The van der Waals surface area contributed by atoms with Crippen LogP contribution in [-0.4, -0.2) is 48.0 Å². The molecule has 0 aromatic heterocycles. The fourth-order valence-corrected chi connectivity index (χ4v) is 2.64. The number of hydrogen-bond donors (Lipinski definition) is 2. The fraction of sp³-hybridized carbons (Fsp3) is 0.350. The van der Waals surface area contributed by atoms with Crippen LogP contribution >= 0.6 is 0 Å². The van der Waals surface area contributed by atoms with Crippen molar-refractivity contribution in [1.82, 2.24) is 0 Å². The van der Waals surface area contributed by atoms with Crippen molar-refractivity contribution >= 4 is 17.3 Å². The minimum absolute atomic E-state index is 0.163. The molecule has 28 heavy (non-hydrogen) atoms. The van der Waals surface area contributed by atoms with Crippen molar-refractivity contribution in [2.45, 2.75) is 6.42 Å². The van der Waals surface area contributed by atoms with Crippen molar-refractivity contribution in [3.63, 3.8) is 0 Å². The molecule has 0 saturated carbocycles. The summed E-state index contributed by atoms with van der Waals surface area (Å²) in [5, 5.41) is 6.01. The molecular formula is C20H26N2O6. The van der Waals surface area contributed by atoms with Crippen molar-refractivity contribution in [1.29, 1.82) is 0 Å². The summed E-state index contributed by atoms with van der Waals surface area (Å²) in [5.41, 5.74) is 1.31. The standard InChI is InChI=1S/C20H26N2O6/c1-24-14-6-7-16(25-2)15(12-14)21-9-8-19(23)22-13-10-17(26-3)20(28-5)18(11-13)27-4/h6-7,10-12,21H,8-9H2,1-5H3,(H,22,23). The molecule has 0 aliphatic rings. The van der Waals surface area contributed by atoms with E-state index in [0.717, 1.165) is 5.69 Å². The third-order valence-corrected chi connectivity index (χ3v) is 4.02. The van der Waals surface area contributed by atoms with Crippen LogP contribution in [0.2, 0.25) is 0 Å². The van der Waals surface area contributed by atoms with Crippen LogP contribution in [0, 0.1) is 0 Å². The molecule has 2 rings (SSSR count). The Hall–Kier alpha value is -3.29. The molecule has 2 aromatic carbocycles. The van der Waals surface area contributed by atoms with Gasteiger partial charge < -0.3 is 34.3 Å². The molecule has 152 valence electrons. The highest BCUT2D eigenvalue weighted by Gasteiger charge is 2.14. The van der Waals surface area contributed by atoms with E-state index in [1.807, 2.05) is 6.07 Å². The minimum Gasteiger partial charge on any atom is -0.497 e. The molecule has 0 fully saturated rings. The van der Waals surface area contributed by atoms with Gasteiger partial charge in [-0.05, 0) is 12.1 Å². The van der Waals surface area contributed by atoms with E-state index in [1.165, 1.54) is 21.3 Å². The van der Waals surface area contributed by atoms with Crippen molar-refractivity contribution in [2.75, 3.05) is 52.7 Å². The molecule has 0 unspecified atom stereocenters. The van der Waals surface area contributed by atoms with Crippen LogP contribution in [0.15, 0.2) is 30.3 Å². The van der Waals surface area contributed by atoms with Crippen molar-refractivity contribution in [3.05, 3.63) is 30.3 Å². The maximum absolute atomic E-state index is 12.3. The Bertz CT molecular complexity index is 784. The Morgan fingerprint density at radius 1 is 0.821 bits per heavy atom. The third-order valence-electron chi connectivity index (χ3n) is 4.02. The first-order chi connectivity index (χ1) is 13.6. The van der Waals surface area contributed by atoms with E-state index in [9.17, 15) is 4.79 Å². The van der Waals surface area contributed by atoms with Crippen LogP contribution in [0.3, 0.4) is 0 Å². The summed E-state index contributed by atoms with van der Waals surface area (Å²) in [6.45, 7) is 0.416. The zero-order valence-electron chi connectivity index (χ0n) is 16.8. The predicted octanol–water partition coefficient (Wildman–Crippen LogP) is 3.17. The zero-order valence-corrected chi connectivity index (χ0v) is 16.8. The van der Waals surface area contributed by atoms with E-state index in [1.54, 1.807) is 38.5 Å². The number of methoxy groups -OCH3 is 5. The molecule has 8 heteroatoms. The van der Waals surface area contributed by atoms with E-state index in [2.05, 4.69) is 10.6 Å². The van der Waals surface area contributed by atoms with Gasteiger partial charge in [0.15, 0.2) is 11.5 Å². The number of hydrogen-bond acceptors (Lipinski definition) is 7. The Balaban J connectivity index is 2.00. The summed E-state index contributed by atoms with van der Waals surface area (Å²) < 4.78 is 26.4. The van der Waals surface area contributed by atoms with Crippen LogP contribution in [0.1, 0.15) is 6.42 Å². The van der Waals surface area contributed by atoms with Crippen molar-refractivity contribution < 1.29 is 28.5 Å². The van der Waals surface area contributed by atoms with Crippen molar-refractivity contribution in [2.24, 2.45) is 0 Å². The van der Waals surface area contributed by atoms with Gasteiger partial charge in [-0.15, -0.1) is 0 Å². The topological polar surface area (TPSA) is 87.3 Å². The number of rotatable bonds is 10. The van der Waals surface area contributed by atoms with Gasteiger partial charge in [0, 0.05) is 36.9 Å². The SMILES string of the molecule is COc1ccc(OC)c(NCCC(=O)Nc2cc(OC)c(OC)c(OC)c2)c1. The van der Waals surface area contributed by atoms with E-state index in [4.69, 9.17) is 23.7 Å². The quantitative estimate of drug-likeness (QED) is 0.644. The van der Waals surface area contributed by atoms with Gasteiger partial charge in [-0.25, -0.2) is 0 Å². The highest BCUT2D eigenvalue weighted by molar-refractivity contribution is 5.91. The van der Waals surface area contributed by atoms with E-state index in [0.29, 0.717) is 41.0 Å². The van der Waals surface area contributed by atoms with Gasteiger partial charge in [0.1, 0.15) is 11.5 Å². The zero-order chi connectivity index (χ0) is 20.5. The summed E-state index contributed by atoms with van der Waals surface area (Å²) in [7, 11) is 7.75. The molecule has 1 amide bonds. The van der Waals surface area contributed by atoms with E-state index >= 15 is 0 Å². The second-order valence-electron chi connectivity index (χ2n) is 5.71. The van der Waals surface area contributed by atoms with Gasteiger partial charge >= 0.3 is 0 Å². The van der Waals surface area contributed by atoms with Crippen LogP contribution in [0.25, 0.3) is 0 Å². The lowest BCUT2D eigenvalue weighted by Gasteiger charge is -2.15. The molecule has 0 aliphatic carbocycles. The first-order valence-corrected chi connectivity index (χ1v) is 8.62. The fourth-order valence-electron chi connectivity index (χ4n) is 2.64. The van der Waals surface area contributed by atoms with Crippen LogP contribution in [-0.2, 0) is 4.79 Å². The molecular weight excluding hydrogens is 364 g/mol. The highest BCUT2D eigenvalue weighted by Crippen LogP contribution is 2.40. The number of ether oxygens (including phenoxy) is 5. The van der Waals surface area contributed by atoms with Crippen molar-refractivity contribution in [3.8, 4) is 28.7 Å². The molecule has 0 saturated heterocycles. The van der Waals surface area contributed by atoms with Gasteiger partial charge in [-0.3, -0.25) is 4.79 Å². The largest absolute Gasteiger partial charge is 0.497 e. The normalized spacial score (nSPS) is 10.0. The Kier molecular flexibility index (Phi) is 7.62. The second kappa shape index (κ2) is 10.1. The number of anilines is 2. The van der Waals surface area contributed by atoms with Crippen LogP contribution in [0.4, 0.5) is 11.4 Å². The first kappa shape index (κ1) is 21.0. The number of amides is 1.